The highest BCUT2D eigenvalue weighted by Crippen LogP contribution is 2.22. The van der Waals surface area contributed by atoms with Gasteiger partial charge in [-0.1, -0.05) is 31.9 Å². The standard InChI is InChI=1S/C17H25NO2/c1-2-5-14-7-4-10-18(11-9-14)17(20)13-15-6-3-8-16(19)12-15/h3,6,8,12,14,19H,2,4-5,7,9-11,13H2,1H3. The van der Waals surface area contributed by atoms with Crippen molar-refractivity contribution in [3.63, 3.8) is 0 Å². The Labute approximate surface area is 121 Å². The van der Waals surface area contributed by atoms with Gasteiger partial charge in [-0.3, -0.25) is 4.79 Å². The van der Waals surface area contributed by atoms with Gasteiger partial charge in [-0.15, -0.1) is 0 Å². The normalized spacial score (nSPS) is 19.6. The molecule has 1 aliphatic heterocycles. The van der Waals surface area contributed by atoms with Gasteiger partial charge < -0.3 is 10.0 Å². The summed E-state index contributed by atoms with van der Waals surface area (Å²) in [6.45, 7) is 4.01. The van der Waals surface area contributed by atoms with E-state index in [2.05, 4.69) is 6.92 Å². The van der Waals surface area contributed by atoms with E-state index in [1.54, 1.807) is 18.2 Å². The average molecular weight is 275 g/mol. The number of hydrogen-bond donors (Lipinski definition) is 1. The van der Waals surface area contributed by atoms with E-state index >= 15 is 0 Å². The van der Waals surface area contributed by atoms with Gasteiger partial charge in [-0.2, -0.15) is 0 Å². The van der Waals surface area contributed by atoms with Crippen LogP contribution in [0.15, 0.2) is 24.3 Å². The molecule has 1 fully saturated rings. The zero-order chi connectivity index (χ0) is 14.4. The van der Waals surface area contributed by atoms with Crippen LogP contribution in [0.1, 0.15) is 44.6 Å². The van der Waals surface area contributed by atoms with Crippen LogP contribution in [0.2, 0.25) is 0 Å². The molecule has 2 rings (SSSR count). The molecular formula is C17H25NO2. The number of aromatic hydroxyl groups is 1. The van der Waals surface area contributed by atoms with Crippen LogP contribution in [0.3, 0.4) is 0 Å². The molecule has 0 spiro atoms. The summed E-state index contributed by atoms with van der Waals surface area (Å²) in [6.07, 6.45) is 6.43. The van der Waals surface area contributed by atoms with Gasteiger partial charge in [0.2, 0.25) is 5.91 Å². The minimum Gasteiger partial charge on any atom is -0.508 e. The first kappa shape index (κ1) is 14.9. The quantitative estimate of drug-likeness (QED) is 0.915. The second-order valence-corrected chi connectivity index (χ2v) is 5.81. The van der Waals surface area contributed by atoms with E-state index in [0.717, 1.165) is 37.4 Å². The first-order valence-electron chi connectivity index (χ1n) is 7.74. The monoisotopic (exact) mass is 275 g/mol. The van der Waals surface area contributed by atoms with E-state index in [-0.39, 0.29) is 11.7 Å². The SMILES string of the molecule is CCCC1CCCN(C(=O)Cc2cccc(O)c2)CC1. The Morgan fingerprint density at radius 3 is 2.95 bits per heavy atom. The molecule has 0 bridgehead atoms. The molecule has 20 heavy (non-hydrogen) atoms. The topological polar surface area (TPSA) is 40.5 Å². The summed E-state index contributed by atoms with van der Waals surface area (Å²) in [5, 5.41) is 9.45. The maximum absolute atomic E-state index is 12.3. The number of rotatable bonds is 4. The Bertz CT molecular complexity index is 444. The zero-order valence-corrected chi connectivity index (χ0v) is 12.3. The van der Waals surface area contributed by atoms with E-state index in [4.69, 9.17) is 0 Å². The summed E-state index contributed by atoms with van der Waals surface area (Å²) < 4.78 is 0. The Balaban J connectivity index is 1.89. The lowest BCUT2D eigenvalue weighted by Gasteiger charge is -2.20. The first-order chi connectivity index (χ1) is 9.69. The van der Waals surface area contributed by atoms with Crippen LogP contribution in [-0.2, 0) is 11.2 Å². The second-order valence-electron chi connectivity index (χ2n) is 5.81. The predicted molar refractivity (Wildman–Crippen MR) is 80.6 cm³/mol. The number of carbonyl (C=O) groups is 1. The molecule has 0 aliphatic carbocycles. The van der Waals surface area contributed by atoms with Crippen molar-refractivity contribution in [2.75, 3.05) is 13.1 Å². The Morgan fingerprint density at radius 1 is 1.35 bits per heavy atom. The van der Waals surface area contributed by atoms with Crippen molar-refractivity contribution >= 4 is 5.91 Å². The molecule has 1 N–H and O–H groups in total. The largest absolute Gasteiger partial charge is 0.508 e. The van der Waals surface area contributed by atoms with Crippen LogP contribution in [-0.4, -0.2) is 29.0 Å². The summed E-state index contributed by atoms with van der Waals surface area (Å²) >= 11 is 0. The van der Waals surface area contributed by atoms with Crippen molar-refractivity contribution in [3.05, 3.63) is 29.8 Å². The van der Waals surface area contributed by atoms with Crippen molar-refractivity contribution < 1.29 is 9.90 Å². The molecule has 0 aromatic heterocycles. The number of likely N-dealkylation sites (tertiary alicyclic amines) is 1. The molecule has 1 unspecified atom stereocenters. The minimum atomic E-state index is 0.188. The van der Waals surface area contributed by atoms with Crippen LogP contribution in [0.4, 0.5) is 0 Å². The molecule has 0 radical (unpaired) electrons. The second kappa shape index (κ2) is 7.32. The van der Waals surface area contributed by atoms with Crippen LogP contribution < -0.4 is 0 Å². The summed E-state index contributed by atoms with van der Waals surface area (Å²) in [6, 6.07) is 7.00. The maximum atomic E-state index is 12.3. The number of benzene rings is 1. The lowest BCUT2D eigenvalue weighted by Crippen LogP contribution is -2.33. The summed E-state index contributed by atoms with van der Waals surface area (Å²) in [5.41, 5.74) is 0.893. The van der Waals surface area contributed by atoms with Gasteiger partial charge in [0.1, 0.15) is 5.75 Å². The number of phenols is 1. The van der Waals surface area contributed by atoms with Gasteiger partial charge in [-0.05, 0) is 42.9 Å². The van der Waals surface area contributed by atoms with Gasteiger partial charge in [0.05, 0.1) is 6.42 Å². The fourth-order valence-corrected chi connectivity index (χ4v) is 3.06. The Hall–Kier alpha value is -1.51. The van der Waals surface area contributed by atoms with E-state index in [9.17, 15) is 9.90 Å². The van der Waals surface area contributed by atoms with Crippen LogP contribution in [0, 0.1) is 5.92 Å². The van der Waals surface area contributed by atoms with Crippen molar-refractivity contribution in [3.8, 4) is 5.75 Å². The molecule has 1 aliphatic rings. The van der Waals surface area contributed by atoms with Crippen molar-refractivity contribution in [1.29, 1.82) is 0 Å². The van der Waals surface area contributed by atoms with Crippen LogP contribution in [0.5, 0.6) is 5.75 Å². The molecule has 110 valence electrons. The molecular weight excluding hydrogens is 250 g/mol. The molecule has 1 heterocycles. The van der Waals surface area contributed by atoms with Crippen LogP contribution >= 0.6 is 0 Å². The Morgan fingerprint density at radius 2 is 2.20 bits per heavy atom. The number of phenolic OH excluding ortho intramolecular Hbond substituents is 1. The smallest absolute Gasteiger partial charge is 0.226 e. The van der Waals surface area contributed by atoms with Crippen molar-refractivity contribution in [1.82, 2.24) is 4.90 Å². The molecule has 1 atom stereocenters. The van der Waals surface area contributed by atoms with Gasteiger partial charge in [-0.25, -0.2) is 0 Å². The van der Waals surface area contributed by atoms with E-state index < -0.39 is 0 Å². The van der Waals surface area contributed by atoms with Crippen molar-refractivity contribution in [2.24, 2.45) is 5.92 Å². The highest BCUT2D eigenvalue weighted by molar-refractivity contribution is 5.78. The van der Waals surface area contributed by atoms with Crippen molar-refractivity contribution in [2.45, 2.75) is 45.4 Å². The average Bonchev–Trinajstić information content (AvgIpc) is 2.65. The number of nitrogens with zero attached hydrogens (tertiary/aromatic N) is 1. The fraction of sp³-hybridized carbons (Fsp3) is 0.588. The zero-order valence-electron chi connectivity index (χ0n) is 12.3. The predicted octanol–water partition coefficient (Wildman–Crippen LogP) is 3.36. The molecule has 0 saturated carbocycles. The number of amides is 1. The van der Waals surface area contributed by atoms with Gasteiger partial charge in [0.15, 0.2) is 0 Å². The third-order valence-electron chi connectivity index (χ3n) is 4.16. The van der Waals surface area contributed by atoms with E-state index in [0.29, 0.717) is 6.42 Å². The maximum Gasteiger partial charge on any atom is 0.226 e. The highest BCUT2D eigenvalue weighted by atomic mass is 16.3. The first-order valence-corrected chi connectivity index (χ1v) is 7.74. The fourth-order valence-electron chi connectivity index (χ4n) is 3.06. The van der Waals surface area contributed by atoms with E-state index in [1.165, 1.54) is 19.3 Å². The molecule has 1 saturated heterocycles. The summed E-state index contributed by atoms with van der Waals surface area (Å²) in [5.74, 6) is 1.21. The highest BCUT2D eigenvalue weighted by Gasteiger charge is 2.20. The number of hydrogen-bond acceptors (Lipinski definition) is 2. The third-order valence-corrected chi connectivity index (χ3v) is 4.16. The van der Waals surface area contributed by atoms with E-state index in [1.807, 2.05) is 11.0 Å². The summed E-state index contributed by atoms with van der Waals surface area (Å²) in [7, 11) is 0. The van der Waals surface area contributed by atoms with Gasteiger partial charge >= 0.3 is 0 Å². The number of carbonyl (C=O) groups excluding carboxylic acids is 1. The van der Waals surface area contributed by atoms with Gasteiger partial charge in [0, 0.05) is 13.1 Å². The summed E-state index contributed by atoms with van der Waals surface area (Å²) in [4.78, 5) is 14.3. The third kappa shape index (κ3) is 4.26. The minimum absolute atomic E-state index is 0.188. The molecule has 1 aromatic rings. The molecule has 1 aromatic carbocycles. The molecule has 3 nitrogen and oxygen atoms in total. The van der Waals surface area contributed by atoms with Crippen LogP contribution in [0.25, 0.3) is 0 Å². The molecule has 1 amide bonds. The lowest BCUT2D eigenvalue weighted by atomic mass is 9.96. The Kier molecular flexibility index (Phi) is 5.45. The molecule has 3 heteroatoms. The van der Waals surface area contributed by atoms with Gasteiger partial charge in [0.25, 0.3) is 0 Å². The lowest BCUT2D eigenvalue weighted by molar-refractivity contribution is -0.130.